The first-order valence-electron chi connectivity index (χ1n) is 20.4. The van der Waals surface area contributed by atoms with Gasteiger partial charge in [0.25, 0.3) is 0 Å². The predicted molar refractivity (Wildman–Crippen MR) is 246 cm³/mol. The molecule has 2 aliphatic rings. The number of hydrogen-bond donors (Lipinski definition) is 2. The van der Waals surface area contributed by atoms with E-state index in [9.17, 15) is 5.26 Å². The van der Waals surface area contributed by atoms with Gasteiger partial charge in [-0.3, -0.25) is 5.32 Å². The van der Waals surface area contributed by atoms with Crippen molar-refractivity contribution >= 4 is 16.6 Å². The molecule has 2 unspecified atom stereocenters. The monoisotopic (exact) mass is 766 g/mol. The highest BCUT2D eigenvalue weighted by atomic mass is 15.3. The lowest BCUT2D eigenvalue weighted by molar-refractivity contribution is 0.409. The zero-order chi connectivity index (χ0) is 40.0. The largest absolute Gasteiger partial charge is 0.350 e. The highest BCUT2D eigenvalue weighted by Crippen LogP contribution is 2.52. The van der Waals surface area contributed by atoms with Crippen LogP contribution in [0.3, 0.4) is 0 Å². The Morgan fingerprint density at radius 1 is 0.383 bits per heavy atom. The van der Waals surface area contributed by atoms with Crippen LogP contribution in [0.4, 0.5) is 0 Å². The minimum atomic E-state index is -0.209. The van der Waals surface area contributed by atoms with E-state index in [1.54, 1.807) is 0 Å². The fourth-order valence-corrected chi connectivity index (χ4v) is 8.97. The maximum atomic E-state index is 9.50. The second-order valence-electron chi connectivity index (χ2n) is 15.5. The molecule has 9 aromatic carbocycles. The number of nitrogens with one attached hydrogen (secondary N) is 2. The van der Waals surface area contributed by atoms with E-state index in [1.165, 1.54) is 55.3 Å². The van der Waals surface area contributed by atoms with Crippen LogP contribution in [0, 0.1) is 11.3 Å². The Morgan fingerprint density at radius 2 is 0.867 bits per heavy atom. The van der Waals surface area contributed by atoms with Gasteiger partial charge < -0.3 is 5.32 Å². The summed E-state index contributed by atoms with van der Waals surface area (Å²) in [5.74, 6) is 0.877. The van der Waals surface area contributed by atoms with Crippen molar-refractivity contribution < 1.29 is 0 Å². The lowest BCUT2D eigenvalue weighted by Crippen LogP contribution is -2.44. The maximum Gasteiger partial charge on any atom is 0.131 e. The van der Waals surface area contributed by atoms with E-state index < -0.39 is 0 Å². The Labute approximate surface area is 349 Å². The van der Waals surface area contributed by atoms with Crippen molar-refractivity contribution in [2.45, 2.75) is 12.3 Å². The number of hydrogen-bond acceptors (Lipinski definition) is 4. The van der Waals surface area contributed by atoms with Crippen molar-refractivity contribution in [3.8, 4) is 72.8 Å². The second kappa shape index (κ2) is 14.8. The van der Waals surface area contributed by atoms with E-state index in [0.717, 1.165) is 44.8 Å². The molecule has 2 atom stereocenters. The number of nitriles is 1. The summed E-state index contributed by atoms with van der Waals surface area (Å²) < 4.78 is 0. The summed E-state index contributed by atoms with van der Waals surface area (Å²) in [6, 6.07) is 75.4. The molecule has 0 bridgehead atoms. The van der Waals surface area contributed by atoms with Crippen LogP contribution >= 0.6 is 0 Å². The van der Waals surface area contributed by atoms with Crippen molar-refractivity contribution in [2.75, 3.05) is 0 Å². The number of nitrogens with zero attached hydrogens (tertiary/aromatic N) is 2. The molecule has 0 spiro atoms. The molecule has 0 fully saturated rings. The smallest absolute Gasteiger partial charge is 0.131 e. The Bertz CT molecular complexity index is 3100. The molecule has 0 amide bonds. The molecule has 0 saturated carbocycles. The van der Waals surface area contributed by atoms with Crippen LogP contribution in [0.1, 0.15) is 34.6 Å². The van der Waals surface area contributed by atoms with Gasteiger partial charge in [-0.1, -0.05) is 188 Å². The van der Waals surface area contributed by atoms with Crippen molar-refractivity contribution in [1.29, 1.82) is 5.26 Å². The van der Waals surface area contributed by atoms with Crippen LogP contribution in [0.15, 0.2) is 211 Å². The molecule has 60 heavy (non-hydrogen) atoms. The van der Waals surface area contributed by atoms with Gasteiger partial charge in [0.2, 0.25) is 0 Å². The molecule has 0 saturated heterocycles. The highest BCUT2D eigenvalue weighted by molar-refractivity contribution is 6.22. The first-order chi connectivity index (χ1) is 29.7. The molecule has 9 aromatic rings. The van der Waals surface area contributed by atoms with Gasteiger partial charge in [-0.25, -0.2) is 4.99 Å². The normalized spacial score (nSPS) is 15.2. The Hall–Kier alpha value is -7.84. The number of amidine groups is 1. The van der Waals surface area contributed by atoms with Crippen molar-refractivity contribution in [1.82, 2.24) is 10.6 Å². The summed E-state index contributed by atoms with van der Waals surface area (Å²) in [7, 11) is 0. The molecule has 282 valence electrons. The Morgan fingerprint density at radius 3 is 1.47 bits per heavy atom. The third kappa shape index (κ3) is 6.26. The molecular weight excluding hydrogens is 729 g/mol. The van der Waals surface area contributed by atoms with Crippen molar-refractivity contribution in [3.05, 3.63) is 229 Å². The average Bonchev–Trinajstić information content (AvgIpc) is 3.66. The van der Waals surface area contributed by atoms with Crippen LogP contribution in [-0.4, -0.2) is 5.84 Å². The lowest BCUT2D eigenvalue weighted by Gasteiger charge is -2.32. The third-order valence-electron chi connectivity index (χ3n) is 12.0. The van der Waals surface area contributed by atoms with Gasteiger partial charge in [-0.2, -0.15) is 5.26 Å². The number of benzene rings is 9. The zero-order valence-corrected chi connectivity index (χ0v) is 32.7. The topological polar surface area (TPSA) is 60.2 Å². The fraction of sp³-hybridized carbons (Fsp3) is 0.0357. The van der Waals surface area contributed by atoms with Crippen LogP contribution in [0.25, 0.3) is 77.5 Å². The highest BCUT2D eigenvalue weighted by Gasteiger charge is 2.26. The molecule has 2 N–H and O–H groups in total. The van der Waals surface area contributed by atoms with E-state index >= 15 is 0 Å². The quantitative estimate of drug-likeness (QED) is 0.170. The molecular formula is C56H38N4. The minimum Gasteiger partial charge on any atom is -0.350 e. The lowest BCUT2D eigenvalue weighted by atomic mass is 9.88. The molecule has 11 rings (SSSR count). The number of aliphatic imine (C=N–C) groups is 1. The van der Waals surface area contributed by atoms with Gasteiger partial charge in [0.15, 0.2) is 0 Å². The predicted octanol–water partition coefficient (Wildman–Crippen LogP) is 13.4. The second-order valence-corrected chi connectivity index (χ2v) is 15.5. The van der Waals surface area contributed by atoms with Gasteiger partial charge in [0.05, 0.1) is 11.6 Å². The van der Waals surface area contributed by atoms with Gasteiger partial charge in [-0.15, -0.1) is 0 Å². The molecule has 1 aliphatic heterocycles. The van der Waals surface area contributed by atoms with E-state index in [2.05, 4.69) is 199 Å². The summed E-state index contributed by atoms with van der Waals surface area (Å²) in [4.78, 5) is 5.13. The summed E-state index contributed by atoms with van der Waals surface area (Å²) >= 11 is 0. The van der Waals surface area contributed by atoms with Crippen molar-refractivity contribution in [3.63, 3.8) is 0 Å². The first-order valence-corrected chi connectivity index (χ1v) is 20.4. The average molecular weight is 767 g/mol. The summed E-state index contributed by atoms with van der Waals surface area (Å²) in [6.45, 7) is 0. The van der Waals surface area contributed by atoms with Crippen LogP contribution < -0.4 is 10.6 Å². The molecule has 0 radical (unpaired) electrons. The van der Waals surface area contributed by atoms with Crippen molar-refractivity contribution in [2.24, 2.45) is 4.99 Å². The zero-order valence-electron chi connectivity index (χ0n) is 32.7. The Balaban J connectivity index is 0.907. The van der Waals surface area contributed by atoms with Crippen LogP contribution in [-0.2, 0) is 0 Å². The maximum absolute atomic E-state index is 9.50. The standard InChI is InChI=1S/C56H38N4/c57-35-36-18-20-39(21-19-36)46-30-32-50-48-16-7-8-17-49(48)51-33-31-47(52(46)53(50)51)40-26-22-37(23-27-40)44-14-9-15-45(34-44)38-24-28-43(29-25-38)56-59-54(41-10-3-1-4-11-41)58-55(60-56)42-12-5-2-6-13-42/h1-34,54,56,59H,(H,58,60). The summed E-state index contributed by atoms with van der Waals surface area (Å²) in [5, 5.41) is 19.4. The first kappa shape index (κ1) is 35.3. The van der Waals surface area contributed by atoms with Gasteiger partial charge in [0.1, 0.15) is 18.2 Å². The van der Waals surface area contributed by atoms with E-state index in [1.807, 2.05) is 24.3 Å². The van der Waals surface area contributed by atoms with E-state index in [4.69, 9.17) is 4.99 Å². The van der Waals surface area contributed by atoms with Crippen LogP contribution in [0.5, 0.6) is 0 Å². The molecule has 4 nitrogen and oxygen atoms in total. The summed E-state index contributed by atoms with van der Waals surface area (Å²) in [6.07, 6.45) is -0.287. The molecule has 4 heteroatoms. The van der Waals surface area contributed by atoms with E-state index in [0.29, 0.717) is 5.56 Å². The van der Waals surface area contributed by atoms with Gasteiger partial charge >= 0.3 is 0 Å². The van der Waals surface area contributed by atoms with E-state index in [-0.39, 0.29) is 12.3 Å². The summed E-state index contributed by atoms with van der Waals surface area (Å²) in [5.41, 5.74) is 18.4. The molecule has 0 aromatic heterocycles. The fourth-order valence-electron chi connectivity index (χ4n) is 8.97. The minimum absolute atomic E-state index is 0.0785. The number of fused-ring (bicyclic) bond motifs is 3. The molecule has 1 heterocycles. The SMILES string of the molecule is N#Cc1ccc(-c2ccc3c4c(ccc(-c5ccc(-c6cccc(-c7ccc(C8N=C(c9ccccc9)NC(c9ccccc9)N8)cc7)c6)cc5)c24)-c2ccccc2-3)cc1. The third-order valence-corrected chi connectivity index (χ3v) is 12.0. The van der Waals surface area contributed by atoms with Crippen LogP contribution in [0.2, 0.25) is 0 Å². The Kier molecular flexibility index (Phi) is 8.73. The van der Waals surface area contributed by atoms with Gasteiger partial charge in [0, 0.05) is 5.56 Å². The number of rotatable bonds is 7. The van der Waals surface area contributed by atoms with Gasteiger partial charge in [-0.05, 0) is 107 Å². The molecule has 1 aliphatic carbocycles.